The summed E-state index contributed by atoms with van der Waals surface area (Å²) in [5.41, 5.74) is 0. The molecule has 1 N–H and O–H groups in total. The second-order valence-corrected chi connectivity index (χ2v) is 18.6. The van der Waals surface area contributed by atoms with Crippen molar-refractivity contribution in [3.63, 3.8) is 0 Å². The SMILES string of the molecule is CC/C=C\C/C=C\C/C=C\C/C=C\C/C=C\C/C=C\C/C=C\C/C=C\CCCCCCC(=O)OC(COC(=O)CCCCCCC/C=C\CCCC)COP(=O)(O)OCC[N+](C)(C)C. The number of phosphoric acid groups is 1. The van der Waals surface area contributed by atoms with Gasteiger partial charge in [0.05, 0.1) is 27.7 Å². The number of hydrogen-bond acceptors (Lipinski definition) is 7. The number of ether oxygens (including phenoxy) is 2. The van der Waals surface area contributed by atoms with Gasteiger partial charge in [0.2, 0.25) is 0 Å². The normalized spacial score (nSPS) is 14.4. The van der Waals surface area contributed by atoms with E-state index in [0.29, 0.717) is 17.4 Å². The highest BCUT2D eigenvalue weighted by molar-refractivity contribution is 7.47. The molecule has 0 aromatic heterocycles. The van der Waals surface area contributed by atoms with E-state index in [9.17, 15) is 19.0 Å². The molecular formula is C54H91NO8P+. The number of esters is 2. The highest BCUT2D eigenvalue weighted by atomic mass is 31.2. The van der Waals surface area contributed by atoms with Crippen LogP contribution in [0.2, 0.25) is 0 Å². The van der Waals surface area contributed by atoms with Crippen molar-refractivity contribution in [2.75, 3.05) is 47.5 Å². The second-order valence-electron chi connectivity index (χ2n) is 17.1. The van der Waals surface area contributed by atoms with Gasteiger partial charge in [-0.3, -0.25) is 18.6 Å². The monoisotopic (exact) mass is 913 g/mol. The minimum atomic E-state index is -4.39. The van der Waals surface area contributed by atoms with Crippen LogP contribution in [0.5, 0.6) is 0 Å². The van der Waals surface area contributed by atoms with Gasteiger partial charge in [0.1, 0.15) is 19.8 Å². The summed E-state index contributed by atoms with van der Waals surface area (Å²) >= 11 is 0. The summed E-state index contributed by atoms with van der Waals surface area (Å²) in [5.74, 6) is -0.850. The van der Waals surface area contributed by atoms with E-state index in [-0.39, 0.29) is 26.1 Å². The number of nitrogens with zero attached hydrogens (tertiary/aromatic N) is 1. The Kier molecular flexibility index (Phi) is 42.5. The summed E-state index contributed by atoms with van der Waals surface area (Å²) in [6.07, 6.45) is 61.5. The fourth-order valence-corrected chi connectivity index (χ4v) is 6.69. The van der Waals surface area contributed by atoms with Crippen LogP contribution in [0.4, 0.5) is 0 Å². The molecule has 10 heteroatoms. The molecule has 0 aromatic rings. The van der Waals surface area contributed by atoms with E-state index >= 15 is 0 Å². The maximum absolute atomic E-state index is 12.7. The maximum Gasteiger partial charge on any atom is 0.472 e. The molecule has 64 heavy (non-hydrogen) atoms. The minimum Gasteiger partial charge on any atom is -0.462 e. The first-order valence-corrected chi connectivity index (χ1v) is 26.1. The van der Waals surface area contributed by atoms with Gasteiger partial charge in [0.25, 0.3) is 0 Å². The largest absolute Gasteiger partial charge is 0.472 e. The third kappa shape index (κ3) is 48.1. The van der Waals surface area contributed by atoms with Crippen LogP contribution >= 0.6 is 7.82 Å². The van der Waals surface area contributed by atoms with Gasteiger partial charge in [0, 0.05) is 12.8 Å². The Balaban J connectivity index is 4.31. The molecule has 9 nitrogen and oxygen atoms in total. The summed E-state index contributed by atoms with van der Waals surface area (Å²) in [5, 5.41) is 0. The summed E-state index contributed by atoms with van der Waals surface area (Å²) in [6, 6.07) is 0. The molecule has 2 unspecified atom stereocenters. The third-order valence-electron chi connectivity index (χ3n) is 9.79. The standard InChI is InChI=1S/C54H90NO8P/c1-6-8-10-12-14-16-18-19-20-21-22-23-24-25-26-27-28-29-30-31-32-33-34-35-37-39-41-43-45-47-54(57)63-52(51-62-64(58,59)61-49-48-55(3,4)5)50-60-53(56)46-44-42-40-38-36-17-15-13-11-9-7-2/h8,10,13-16,19-20,22-23,25-26,28-29,31-32,34-35,52H,6-7,9,11-12,17-18,21,24,27,30,33,36-51H2,1-5H3/p+1/b10-8-,15-13-,16-14-,20-19-,23-22-,26-25-,29-28-,32-31-,35-34-. The molecule has 0 saturated heterocycles. The summed E-state index contributed by atoms with van der Waals surface area (Å²) < 4.78 is 34.3. The zero-order valence-corrected chi connectivity index (χ0v) is 41.9. The highest BCUT2D eigenvalue weighted by Crippen LogP contribution is 2.43. The fourth-order valence-electron chi connectivity index (χ4n) is 5.95. The van der Waals surface area contributed by atoms with Crippen molar-refractivity contribution in [2.24, 2.45) is 0 Å². The minimum absolute atomic E-state index is 0.0188. The van der Waals surface area contributed by atoms with Crippen molar-refractivity contribution in [3.05, 3.63) is 109 Å². The van der Waals surface area contributed by atoms with E-state index in [1.54, 1.807) is 0 Å². The topological polar surface area (TPSA) is 108 Å². The number of unbranched alkanes of at least 4 members (excludes halogenated alkanes) is 11. The Hall–Kier alpha value is -3.33. The lowest BCUT2D eigenvalue weighted by Crippen LogP contribution is -2.37. The summed E-state index contributed by atoms with van der Waals surface area (Å²) in [6.45, 7) is 4.20. The quantitative estimate of drug-likeness (QED) is 0.0212. The van der Waals surface area contributed by atoms with Crippen molar-refractivity contribution in [1.82, 2.24) is 0 Å². The second kappa shape index (κ2) is 44.9. The average molecular weight is 913 g/mol. The van der Waals surface area contributed by atoms with Crippen molar-refractivity contribution < 1.29 is 42.1 Å². The smallest absolute Gasteiger partial charge is 0.462 e. The molecule has 0 heterocycles. The number of carbonyl (C=O) groups excluding carboxylic acids is 2. The van der Waals surface area contributed by atoms with Gasteiger partial charge in [-0.2, -0.15) is 0 Å². The summed E-state index contributed by atoms with van der Waals surface area (Å²) in [7, 11) is 1.43. The zero-order valence-electron chi connectivity index (χ0n) is 41.0. The van der Waals surface area contributed by atoms with Gasteiger partial charge >= 0.3 is 19.8 Å². The molecule has 0 aliphatic carbocycles. The van der Waals surface area contributed by atoms with Gasteiger partial charge in [0.15, 0.2) is 6.10 Å². The molecule has 364 valence electrons. The first-order valence-electron chi connectivity index (χ1n) is 24.6. The van der Waals surface area contributed by atoms with Gasteiger partial charge in [-0.15, -0.1) is 0 Å². The molecule has 0 rings (SSSR count). The van der Waals surface area contributed by atoms with Crippen LogP contribution in [0.25, 0.3) is 0 Å². The van der Waals surface area contributed by atoms with E-state index in [1.807, 2.05) is 21.1 Å². The number of hydrogen-bond donors (Lipinski definition) is 1. The Morgan fingerprint density at radius 1 is 0.500 bits per heavy atom. The van der Waals surface area contributed by atoms with Gasteiger partial charge in [-0.05, 0) is 96.3 Å². The van der Waals surface area contributed by atoms with Crippen LogP contribution in [0.1, 0.15) is 168 Å². The molecule has 0 aliphatic heterocycles. The molecule has 0 spiro atoms. The van der Waals surface area contributed by atoms with Crippen LogP contribution in [-0.4, -0.2) is 74.9 Å². The zero-order chi connectivity index (χ0) is 47.1. The average Bonchev–Trinajstić information content (AvgIpc) is 3.25. The third-order valence-corrected chi connectivity index (χ3v) is 10.8. The van der Waals surface area contributed by atoms with Crippen molar-refractivity contribution in [1.29, 1.82) is 0 Å². The Bertz CT molecular complexity index is 1450. The Morgan fingerprint density at radius 3 is 1.34 bits per heavy atom. The van der Waals surface area contributed by atoms with E-state index in [0.717, 1.165) is 122 Å². The lowest BCUT2D eigenvalue weighted by Gasteiger charge is -2.24. The fraction of sp³-hybridized carbons (Fsp3) is 0.630. The van der Waals surface area contributed by atoms with Crippen molar-refractivity contribution in [3.8, 4) is 0 Å². The number of allylic oxidation sites excluding steroid dienone is 18. The first-order chi connectivity index (χ1) is 31.0. The predicted octanol–water partition coefficient (Wildman–Crippen LogP) is 14.7. The molecule has 0 radical (unpaired) electrons. The molecule has 0 amide bonds. The molecule has 2 atom stereocenters. The van der Waals surface area contributed by atoms with Gasteiger partial charge < -0.3 is 18.9 Å². The van der Waals surface area contributed by atoms with Crippen LogP contribution in [0.15, 0.2) is 109 Å². The van der Waals surface area contributed by atoms with Gasteiger partial charge in [-0.25, -0.2) is 4.57 Å². The lowest BCUT2D eigenvalue weighted by molar-refractivity contribution is -0.870. The Morgan fingerprint density at radius 2 is 0.891 bits per heavy atom. The van der Waals surface area contributed by atoms with E-state index in [1.165, 1.54) is 12.8 Å². The number of carbonyl (C=O) groups is 2. The number of phosphoric ester groups is 1. The van der Waals surface area contributed by atoms with Crippen molar-refractivity contribution >= 4 is 19.8 Å². The Labute approximate surface area is 391 Å². The van der Waals surface area contributed by atoms with Gasteiger partial charge in [-0.1, -0.05) is 168 Å². The molecule has 0 bridgehead atoms. The number of quaternary nitrogens is 1. The lowest BCUT2D eigenvalue weighted by atomic mass is 10.1. The molecule has 0 aliphatic rings. The predicted molar refractivity (Wildman–Crippen MR) is 270 cm³/mol. The van der Waals surface area contributed by atoms with E-state index < -0.39 is 32.5 Å². The molecule has 0 aromatic carbocycles. The molecule has 0 saturated carbocycles. The highest BCUT2D eigenvalue weighted by Gasteiger charge is 2.27. The number of likely N-dealkylation sites (N-methyl/N-ethyl adjacent to an activating group) is 1. The van der Waals surface area contributed by atoms with E-state index in [4.69, 9.17) is 18.5 Å². The van der Waals surface area contributed by atoms with E-state index in [2.05, 4.69) is 123 Å². The van der Waals surface area contributed by atoms with Crippen LogP contribution in [0, 0.1) is 0 Å². The molecular weight excluding hydrogens is 822 g/mol. The maximum atomic E-state index is 12.7. The summed E-state index contributed by atoms with van der Waals surface area (Å²) in [4.78, 5) is 35.4. The van der Waals surface area contributed by atoms with Crippen LogP contribution in [-0.2, 0) is 32.7 Å². The number of rotatable bonds is 43. The molecule has 0 fully saturated rings. The van der Waals surface area contributed by atoms with Crippen molar-refractivity contribution in [2.45, 2.75) is 174 Å². The first kappa shape index (κ1) is 60.7. The van der Waals surface area contributed by atoms with Crippen LogP contribution < -0.4 is 0 Å². The van der Waals surface area contributed by atoms with Crippen LogP contribution in [0.3, 0.4) is 0 Å².